The standard InChI is InChI=1S/C18H23Cl2N3O3/c1-12(2)23(10-13-6-7-14(19)15(20)9-13)16(24)5-4-8-22-17(25)11-21(3)18(22)26/h6-7,9,12H,4-5,8,10-11H2,1-3H3. The van der Waals surface area contributed by atoms with Crippen LogP contribution in [0.4, 0.5) is 4.79 Å². The minimum Gasteiger partial charge on any atom is -0.336 e. The minimum absolute atomic E-state index is 0.0122. The van der Waals surface area contributed by atoms with Crippen LogP contribution < -0.4 is 0 Å². The number of carbonyl (C=O) groups is 3. The Labute approximate surface area is 163 Å². The Hall–Kier alpha value is -1.79. The fraction of sp³-hybridized carbons (Fsp3) is 0.500. The molecular weight excluding hydrogens is 377 g/mol. The van der Waals surface area contributed by atoms with Crippen molar-refractivity contribution < 1.29 is 14.4 Å². The Balaban J connectivity index is 1.93. The highest BCUT2D eigenvalue weighted by Crippen LogP contribution is 2.24. The maximum atomic E-state index is 12.6. The lowest BCUT2D eigenvalue weighted by Crippen LogP contribution is -2.37. The number of benzene rings is 1. The average Bonchev–Trinajstić information content (AvgIpc) is 2.81. The first-order valence-electron chi connectivity index (χ1n) is 8.49. The molecule has 0 saturated carbocycles. The first-order chi connectivity index (χ1) is 12.2. The number of nitrogens with zero attached hydrogens (tertiary/aromatic N) is 3. The third-order valence-corrected chi connectivity index (χ3v) is 5.02. The smallest absolute Gasteiger partial charge is 0.326 e. The topological polar surface area (TPSA) is 60.9 Å². The molecule has 8 heteroatoms. The van der Waals surface area contributed by atoms with E-state index in [1.807, 2.05) is 19.9 Å². The van der Waals surface area contributed by atoms with E-state index in [0.717, 1.165) is 5.56 Å². The zero-order chi connectivity index (χ0) is 19.4. The Morgan fingerprint density at radius 1 is 1.23 bits per heavy atom. The molecule has 0 spiro atoms. The normalized spacial score (nSPS) is 14.5. The first-order valence-corrected chi connectivity index (χ1v) is 9.25. The molecule has 0 radical (unpaired) electrons. The predicted octanol–water partition coefficient (Wildman–Crippen LogP) is 3.40. The quantitative estimate of drug-likeness (QED) is 0.659. The largest absolute Gasteiger partial charge is 0.336 e. The van der Waals surface area contributed by atoms with Crippen LogP contribution in [-0.4, -0.2) is 58.7 Å². The summed E-state index contributed by atoms with van der Waals surface area (Å²) >= 11 is 12.0. The van der Waals surface area contributed by atoms with Crippen molar-refractivity contribution in [2.75, 3.05) is 20.1 Å². The van der Waals surface area contributed by atoms with Gasteiger partial charge in [-0.1, -0.05) is 29.3 Å². The van der Waals surface area contributed by atoms with Gasteiger partial charge in [-0.05, 0) is 38.0 Å². The van der Waals surface area contributed by atoms with Gasteiger partial charge in [-0.2, -0.15) is 0 Å². The zero-order valence-corrected chi connectivity index (χ0v) is 16.7. The summed E-state index contributed by atoms with van der Waals surface area (Å²) in [7, 11) is 1.59. The number of amides is 4. The van der Waals surface area contributed by atoms with E-state index in [1.165, 1.54) is 9.80 Å². The molecule has 0 atom stereocenters. The van der Waals surface area contributed by atoms with Gasteiger partial charge in [-0.15, -0.1) is 0 Å². The monoisotopic (exact) mass is 399 g/mol. The van der Waals surface area contributed by atoms with Gasteiger partial charge in [0, 0.05) is 32.6 Å². The summed E-state index contributed by atoms with van der Waals surface area (Å²) in [6, 6.07) is 5.01. The van der Waals surface area contributed by atoms with Gasteiger partial charge in [0.25, 0.3) is 0 Å². The average molecular weight is 400 g/mol. The molecule has 0 N–H and O–H groups in total. The van der Waals surface area contributed by atoms with Crippen molar-refractivity contribution in [2.24, 2.45) is 0 Å². The highest BCUT2D eigenvalue weighted by atomic mass is 35.5. The van der Waals surface area contributed by atoms with Crippen LogP contribution in [0.15, 0.2) is 18.2 Å². The number of hydrogen-bond acceptors (Lipinski definition) is 3. The van der Waals surface area contributed by atoms with Gasteiger partial charge >= 0.3 is 6.03 Å². The van der Waals surface area contributed by atoms with E-state index >= 15 is 0 Å². The number of carbonyl (C=O) groups excluding carboxylic acids is 3. The van der Waals surface area contributed by atoms with Crippen LogP contribution in [0.2, 0.25) is 10.0 Å². The number of likely N-dealkylation sites (N-methyl/N-ethyl adjacent to an activating group) is 1. The van der Waals surface area contributed by atoms with Crippen molar-refractivity contribution in [1.29, 1.82) is 0 Å². The second-order valence-electron chi connectivity index (χ2n) is 6.65. The summed E-state index contributed by atoms with van der Waals surface area (Å²) in [6.07, 6.45) is 0.703. The van der Waals surface area contributed by atoms with E-state index in [-0.39, 0.29) is 43.4 Å². The fourth-order valence-corrected chi connectivity index (χ4v) is 3.14. The lowest BCUT2D eigenvalue weighted by molar-refractivity contribution is -0.134. The van der Waals surface area contributed by atoms with E-state index in [9.17, 15) is 14.4 Å². The molecular formula is C18H23Cl2N3O3. The molecule has 4 amide bonds. The molecule has 1 saturated heterocycles. The van der Waals surface area contributed by atoms with Crippen LogP contribution >= 0.6 is 23.2 Å². The van der Waals surface area contributed by atoms with Gasteiger partial charge in [-0.25, -0.2) is 4.79 Å². The molecule has 1 aliphatic rings. The van der Waals surface area contributed by atoms with Crippen LogP contribution in [0.3, 0.4) is 0 Å². The lowest BCUT2D eigenvalue weighted by Gasteiger charge is -2.27. The molecule has 0 aliphatic carbocycles. The second-order valence-corrected chi connectivity index (χ2v) is 7.47. The highest BCUT2D eigenvalue weighted by Gasteiger charge is 2.33. The number of hydrogen-bond donors (Lipinski definition) is 0. The number of urea groups is 1. The van der Waals surface area contributed by atoms with E-state index in [1.54, 1.807) is 24.1 Å². The van der Waals surface area contributed by atoms with Gasteiger partial charge < -0.3 is 9.80 Å². The van der Waals surface area contributed by atoms with Crippen molar-refractivity contribution in [3.8, 4) is 0 Å². The molecule has 1 aromatic carbocycles. The van der Waals surface area contributed by atoms with Crippen molar-refractivity contribution in [1.82, 2.24) is 14.7 Å². The van der Waals surface area contributed by atoms with Crippen molar-refractivity contribution in [2.45, 2.75) is 39.3 Å². The van der Waals surface area contributed by atoms with E-state index in [0.29, 0.717) is 23.0 Å². The van der Waals surface area contributed by atoms with Gasteiger partial charge in [0.05, 0.1) is 10.0 Å². The SMILES string of the molecule is CC(C)N(Cc1ccc(Cl)c(Cl)c1)C(=O)CCCN1C(=O)CN(C)C1=O. The summed E-state index contributed by atoms with van der Waals surface area (Å²) in [5.41, 5.74) is 0.896. The van der Waals surface area contributed by atoms with Crippen LogP contribution in [0.5, 0.6) is 0 Å². The maximum Gasteiger partial charge on any atom is 0.326 e. The van der Waals surface area contributed by atoms with Gasteiger partial charge in [0.2, 0.25) is 11.8 Å². The molecule has 1 heterocycles. The summed E-state index contributed by atoms with van der Waals surface area (Å²) in [4.78, 5) is 40.5. The summed E-state index contributed by atoms with van der Waals surface area (Å²) < 4.78 is 0. The lowest BCUT2D eigenvalue weighted by atomic mass is 10.1. The Kier molecular flexibility index (Phi) is 6.89. The van der Waals surface area contributed by atoms with Gasteiger partial charge in [0.1, 0.15) is 6.54 Å². The molecule has 26 heavy (non-hydrogen) atoms. The minimum atomic E-state index is -0.307. The maximum absolute atomic E-state index is 12.6. The predicted molar refractivity (Wildman–Crippen MR) is 101 cm³/mol. The Morgan fingerprint density at radius 3 is 2.46 bits per heavy atom. The van der Waals surface area contributed by atoms with E-state index < -0.39 is 0 Å². The molecule has 0 aromatic heterocycles. The number of rotatable bonds is 7. The molecule has 1 aromatic rings. The zero-order valence-electron chi connectivity index (χ0n) is 15.2. The van der Waals surface area contributed by atoms with Gasteiger partial charge in [0.15, 0.2) is 0 Å². The Morgan fingerprint density at radius 2 is 1.92 bits per heavy atom. The van der Waals surface area contributed by atoms with Crippen molar-refractivity contribution in [3.63, 3.8) is 0 Å². The van der Waals surface area contributed by atoms with E-state index in [4.69, 9.17) is 23.2 Å². The molecule has 1 fully saturated rings. The third-order valence-electron chi connectivity index (χ3n) is 4.28. The fourth-order valence-electron chi connectivity index (χ4n) is 2.81. The molecule has 1 aliphatic heterocycles. The van der Waals surface area contributed by atoms with Crippen LogP contribution in [0, 0.1) is 0 Å². The summed E-state index contributed by atoms with van der Waals surface area (Å²) in [5, 5.41) is 0.929. The second kappa shape index (κ2) is 8.73. The van der Waals surface area contributed by atoms with Crippen LogP contribution in [0.25, 0.3) is 0 Å². The summed E-state index contributed by atoms with van der Waals surface area (Å²) in [5.74, 6) is -0.250. The van der Waals surface area contributed by atoms with E-state index in [2.05, 4.69) is 0 Å². The van der Waals surface area contributed by atoms with Crippen molar-refractivity contribution >= 4 is 41.0 Å². The number of halogens is 2. The first kappa shape index (κ1) is 20.5. The molecule has 142 valence electrons. The number of imide groups is 1. The summed E-state index contributed by atoms with van der Waals surface area (Å²) in [6.45, 7) is 4.67. The van der Waals surface area contributed by atoms with Crippen LogP contribution in [0.1, 0.15) is 32.3 Å². The van der Waals surface area contributed by atoms with Crippen molar-refractivity contribution in [3.05, 3.63) is 33.8 Å². The molecule has 6 nitrogen and oxygen atoms in total. The highest BCUT2D eigenvalue weighted by molar-refractivity contribution is 6.42. The Bertz CT molecular complexity index is 709. The molecule has 0 unspecified atom stereocenters. The molecule has 0 bridgehead atoms. The van der Waals surface area contributed by atoms with Gasteiger partial charge in [-0.3, -0.25) is 14.5 Å². The molecule has 2 rings (SSSR count). The van der Waals surface area contributed by atoms with Crippen LogP contribution in [-0.2, 0) is 16.1 Å². The third kappa shape index (κ3) is 4.89.